The number of alkyl halides is 3. The monoisotopic (exact) mass is 532 g/mol. The second-order valence-corrected chi connectivity index (χ2v) is 15.0. The third kappa shape index (κ3) is 2.97. The molecule has 0 radical (unpaired) electrons. The molecule has 0 bridgehead atoms. The molecule has 0 amide bonds. The van der Waals surface area contributed by atoms with E-state index in [4.69, 9.17) is 0 Å². The second kappa shape index (κ2) is 7.23. The smallest absolute Gasteiger partial charge is 0.419 e. The van der Waals surface area contributed by atoms with E-state index in [9.17, 15) is 32.7 Å². The van der Waals surface area contributed by atoms with Crippen molar-refractivity contribution in [1.82, 2.24) is 0 Å². The summed E-state index contributed by atoms with van der Waals surface area (Å²) in [7, 11) is 0. The van der Waals surface area contributed by atoms with Crippen molar-refractivity contribution >= 4 is 17.5 Å². The Labute approximate surface area is 222 Å². The summed E-state index contributed by atoms with van der Waals surface area (Å²) in [5.74, 6) is -2.75. The van der Waals surface area contributed by atoms with Gasteiger partial charge in [-0.15, -0.1) is 0 Å². The molecule has 7 heteroatoms. The van der Waals surface area contributed by atoms with Gasteiger partial charge in [0.15, 0.2) is 11.6 Å². The first-order valence-corrected chi connectivity index (χ1v) is 14.2. The second-order valence-electron chi connectivity index (χ2n) is 15.0. The maximum atomic E-state index is 14.2. The number of hydrogen-bond acceptors (Lipinski definition) is 3. The lowest BCUT2D eigenvalue weighted by Crippen LogP contribution is -2.65. The Bertz CT molecular complexity index is 1220. The minimum atomic E-state index is -4.74. The van der Waals surface area contributed by atoms with Gasteiger partial charge in [0.1, 0.15) is 0 Å². The van der Waals surface area contributed by atoms with Crippen LogP contribution in [0.5, 0.6) is 0 Å². The molecule has 7 atom stereocenters. The predicted molar refractivity (Wildman–Crippen MR) is 135 cm³/mol. The van der Waals surface area contributed by atoms with Gasteiger partial charge in [-0.1, -0.05) is 46.3 Å². The molecular formula is C31H39F3O4. The van der Waals surface area contributed by atoms with E-state index in [-0.39, 0.29) is 23.0 Å². The average molecular weight is 533 g/mol. The Kier molecular flexibility index (Phi) is 5.00. The number of Topliss-reactive ketones (excluding diaryl/α,β-unsaturated/α-hetero) is 1. The molecule has 4 fully saturated rings. The van der Waals surface area contributed by atoms with Crippen LogP contribution in [0.2, 0.25) is 0 Å². The fourth-order valence-corrected chi connectivity index (χ4v) is 10.5. The molecule has 0 aromatic rings. The summed E-state index contributed by atoms with van der Waals surface area (Å²) in [5.41, 5.74) is -4.48. The number of hydrogen-bond donors (Lipinski definition) is 1. The molecule has 1 N–H and O–H groups in total. The molecule has 4 nitrogen and oxygen atoms in total. The fraction of sp³-hybridized carbons (Fsp3) is 0.774. The standard InChI is InChI=1S/C31H39F3O4/c1-25(2)8-10-29(24(37)38)11-9-28(5)22(17(29)15-25)19(35)14-21-26(3)16-18(31(32,33)34)23(36)30(12-13-30)20(26)6-7-27(21,28)4/h14,16-17,20,22H,6-13,15H2,1-5H3,(H,37,38)/t17-,20+,22-,26-,27+,28+,29-/m0/s1. The van der Waals surface area contributed by atoms with Crippen molar-refractivity contribution in [2.45, 2.75) is 98.6 Å². The van der Waals surface area contributed by atoms with Gasteiger partial charge in [0, 0.05) is 16.7 Å². The summed E-state index contributed by atoms with van der Waals surface area (Å²) in [4.78, 5) is 40.1. The molecule has 1 spiro atoms. The molecule has 0 heterocycles. The van der Waals surface area contributed by atoms with E-state index < -0.39 is 56.5 Å². The van der Waals surface area contributed by atoms with E-state index in [1.807, 2.05) is 6.92 Å². The number of allylic oxidation sites excluding steroid dienone is 4. The number of fused-ring (bicyclic) bond motifs is 8. The van der Waals surface area contributed by atoms with E-state index in [2.05, 4.69) is 27.7 Å². The number of ketones is 2. The highest BCUT2D eigenvalue weighted by Crippen LogP contribution is 2.77. The molecule has 208 valence electrons. The van der Waals surface area contributed by atoms with Gasteiger partial charge < -0.3 is 5.11 Å². The SMILES string of the molecule is CC1(C)CC[C@]2(C(=O)O)CC[C@]3(C)[C@H](C(=O)C=C4[C@@]5(C)C=C(C(F)(F)F)C(=O)C6(CC6)[C@@H]5CC[C@]43C)[C@@H]2C1. The Morgan fingerprint density at radius 2 is 1.58 bits per heavy atom. The van der Waals surface area contributed by atoms with Gasteiger partial charge in [-0.2, -0.15) is 13.2 Å². The lowest BCUT2D eigenvalue weighted by Gasteiger charge is -2.68. The quantitative estimate of drug-likeness (QED) is 0.392. The summed E-state index contributed by atoms with van der Waals surface area (Å²) in [6.07, 6.45) is 3.35. The van der Waals surface area contributed by atoms with Crippen LogP contribution in [0.3, 0.4) is 0 Å². The molecule has 0 unspecified atom stereocenters. The minimum Gasteiger partial charge on any atom is -0.481 e. The number of aliphatic carboxylic acids is 1. The first-order chi connectivity index (χ1) is 17.4. The normalized spacial score (nSPS) is 46.7. The van der Waals surface area contributed by atoms with E-state index in [1.54, 1.807) is 6.08 Å². The number of carbonyl (C=O) groups is 3. The van der Waals surface area contributed by atoms with Crippen molar-refractivity contribution in [2.75, 3.05) is 0 Å². The van der Waals surface area contributed by atoms with Crippen molar-refractivity contribution < 1.29 is 32.7 Å². The van der Waals surface area contributed by atoms with Crippen molar-refractivity contribution in [1.29, 1.82) is 0 Å². The van der Waals surface area contributed by atoms with Gasteiger partial charge in [0.2, 0.25) is 0 Å². The minimum absolute atomic E-state index is 0.0802. The van der Waals surface area contributed by atoms with Crippen LogP contribution in [0.15, 0.2) is 23.3 Å². The van der Waals surface area contributed by atoms with Crippen molar-refractivity contribution in [3.05, 3.63) is 23.3 Å². The number of rotatable bonds is 1. The molecule has 38 heavy (non-hydrogen) atoms. The van der Waals surface area contributed by atoms with Crippen LogP contribution in [-0.2, 0) is 14.4 Å². The number of carbonyl (C=O) groups excluding carboxylic acids is 2. The predicted octanol–water partition coefficient (Wildman–Crippen LogP) is 7.08. The maximum Gasteiger partial charge on any atom is 0.419 e. The molecule has 4 saturated carbocycles. The first-order valence-electron chi connectivity index (χ1n) is 14.2. The number of carboxylic acids is 1. The molecular weight excluding hydrogens is 493 g/mol. The lowest BCUT2D eigenvalue weighted by atomic mass is 9.34. The topological polar surface area (TPSA) is 71.4 Å². The molecule has 0 aliphatic heterocycles. The van der Waals surface area contributed by atoms with Crippen LogP contribution in [-0.4, -0.2) is 28.8 Å². The summed E-state index contributed by atoms with van der Waals surface area (Å²) in [6, 6.07) is 0. The van der Waals surface area contributed by atoms with Crippen LogP contribution >= 0.6 is 0 Å². The summed E-state index contributed by atoms with van der Waals surface area (Å²) >= 11 is 0. The molecule has 0 aromatic carbocycles. The van der Waals surface area contributed by atoms with Crippen molar-refractivity contribution in [2.24, 2.45) is 50.2 Å². The molecule has 0 aromatic heterocycles. The third-order valence-electron chi connectivity index (χ3n) is 12.9. The van der Waals surface area contributed by atoms with Crippen LogP contribution < -0.4 is 0 Å². The highest BCUT2D eigenvalue weighted by Gasteiger charge is 2.74. The fourth-order valence-electron chi connectivity index (χ4n) is 10.5. The maximum absolute atomic E-state index is 14.2. The number of halogens is 3. The van der Waals surface area contributed by atoms with Gasteiger partial charge in [-0.25, -0.2) is 0 Å². The van der Waals surface area contributed by atoms with Gasteiger partial charge >= 0.3 is 12.1 Å². The van der Waals surface area contributed by atoms with Crippen LogP contribution in [0, 0.1) is 50.2 Å². The van der Waals surface area contributed by atoms with Gasteiger partial charge in [0.25, 0.3) is 0 Å². The molecule has 0 saturated heterocycles. The summed E-state index contributed by atoms with van der Waals surface area (Å²) < 4.78 is 42.5. The van der Waals surface area contributed by atoms with Gasteiger partial charge in [-0.05, 0) is 91.9 Å². The Morgan fingerprint density at radius 1 is 0.947 bits per heavy atom. The first kappa shape index (κ1) is 26.3. The van der Waals surface area contributed by atoms with Crippen LogP contribution in [0.1, 0.15) is 92.4 Å². The van der Waals surface area contributed by atoms with Crippen molar-refractivity contribution in [3.8, 4) is 0 Å². The van der Waals surface area contributed by atoms with Gasteiger partial charge in [0.05, 0.1) is 11.0 Å². The Morgan fingerprint density at radius 3 is 2.16 bits per heavy atom. The van der Waals surface area contributed by atoms with Gasteiger partial charge in [-0.3, -0.25) is 14.4 Å². The lowest BCUT2D eigenvalue weighted by molar-refractivity contribution is -0.188. The zero-order valence-electron chi connectivity index (χ0n) is 23.1. The molecule has 6 rings (SSSR count). The zero-order valence-corrected chi connectivity index (χ0v) is 23.1. The summed E-state index contributed by atoms with van der Waals surface area (Å²) in [6.45, 7) is 10.3. The number of carboxylic acid groups (broad SMARTS) is 1. The average Bonchev–Trinajstić information content (AvgIpc) is 3.58. The van der Waals surface area contributed by atoms with E-state index in [0.717, 1.165) is 18.1 Å². The Hall–Kier alpha value is -1.92. The largest absolute Gasteiger partial charge is 0.481 e. The Balaban J connectivity index is 1.54. The highest BCUT2D eigenvalue weighted by atomic mass is 19.4. The van der Waals surface area contributed by atoms with E-state index in [0.29, 0.717) is 51.4 Å². The van der Waals surface area contributed by atoms with Crippen molar-refractivity contribution in [3.63, 3.8) is 0 Å². The highest BCUT2D eigenvalue weighted by molar-refractivity contribution is 6.05. The third-order valence-corrected chi connectivity index (χ3v) is 12.9. The summed E-state index contributed by atoms with van der Waals surface area (Å²) in [5, 5.41) is 10.5. The molecule has 6 aliphatic rings. The van der Waals surface area contributed by atoms with E-state index >= 15 is 0 Å². The van der Waals surface area contributed by atoms with E-state index in [1.165, 1.54) is 0 Å². The zero-order chi connectivity index (χ0) is 27.9. The molecule has 6 aliphatic carbocycles. The van der Waals surface area contributed by atoms with Crippen LogP contribution in [0.25, 0.3) is 0 Å². The van der Waals surface area contributed by atoms with Crippen LogP contribution in [0.4, 0.5) is 13.2 Å².